The molecule has 1 unspecified atom stereocenters. The number of halogens is 1. The minimum atomic E-state index is -3.77. The smallest absolute Gasteiger partial charge is 0.243 e. The second kappa shape index (κ2) is 8.43. The van der Waals surface area contributed by atoms with Gasteiger partial charge in [-0.3, -0.25) is 4.79 Å². The van der Waals surface area contributed by atoms with Gasteiger partial charge in [0.15, 0.2) is 0 Å². The molecule has 28 heavy (non-hydrogen) atoms. The second-order valence-corrected chi connectivity index (χ2v) is 9.48. The molecule has 7 heteroatoms. The van der Waals surface area contributed by atoms with Crippen molar-refractivity contribution in [3.8, 4) is 0 Å². The summed E-state index contributed by atoms with van der Waals surface area (Å²) in [4.78, 5) is 12.6. The number of amides is 1. The summed E-state index contributed by atoms with van der Waals surface area (Å²) in [5, 5.41) is 4.65. The molecule has 0 aliphatic rings. The molecule has 3 rings (SSSR count). The first kappa shape index (κ1) is 20.5. The maximum absolute atomic E-state index is 12.9. The van der Waals surface area contributed by atoms with Crippen LogP contribution in [0.25, 0.3) is 10.8 Å². The van der Waals surface area contributed by atoms with E-state index >= 15 is 0 Å². The van der Waals surface area contributed by atoms with Gasteiger partial charge < -0.3 is 5.32 Å². The Morgan fingerprint density at radius 1 is 1.04 bits per heavy atom. The van der Waals surface area contributed by atoms with Crippen LogP contribution in [0.15, 0.2) is 76.1 Å². The van der Waals surface area contributed by atoms with Crippen LogP contribution in [-0.4, -0.2) is 32.2 Å². The fourth-order valence-corrected chi connectivity index (χ4v) is 4.78. The van der Waals surface area contributed by atoms with E-state index in [1.807, 2.05) is 55.5 Å². The van der Waals surface area contributed by atoms with E-state index in [0.717, 1.165) is 25.1 Å². The fraction of sp³-hybridized carbons (Fsp3) is 0.190. The van der Waals surface area contributed by atoms with Crippen LogP contribution in [0.2, 0.25) is 0 Å². The van der Waals surface area contributed by atoms with E-state index < -0.39 is 10.0 Å². The fourth-order valence-electron chi connectivity index (χ4n) is 2.99. The molecule has 0 fully saturated rings. The molecule has 1 atom stereocenters. The standard InChI is InChI=1S/C21H21BrN2O3S/c1-15(19-9-5-6-10-20(19)22)23-21(25)14-24(2)28(26,27)18-12-11-16-7-3-4-8-17(16)13-18/h3-13,15H,14H2,1-2H3,(H,23,25). The molecule has 0 saturated carbocycles. The molecule has 0 aliphatic heterocycles. The lowest BCUT2D eigenvalue weighted by Crippen LogP contribution is -2.39. The molecule has 0 aromatic heterocycles. The molecule has 0 spiro atoms. The Balaban J connectivity index is 1.72. The Bertz CT molecular complexity index is 1120. The van der Waals surface area contributed by atoms with Crippen molar-refractivity contribution in [3.63, 3.8) is 0 Å². The van der Waals surface area contributed by atoms with E-state index in [0.29, 0.717) is 0 Å². The Morgan fingerprint density at radius 2 is 1.68 bits per heavy atom. The van der Waals surface area contributed by atoms with Crippen LogP contribution in [0.3, 0.4) is 0 Å². The van der Waals surface area contributed by atoms with Crippen LogP contribution in [0.4, 0.5) is 0 Å². The molecule has 1 N–H and O–H groups in total. The number of fused-ring (bicyclic) bond motifs is 1. The van der Waals surface area contributed by atoms with Crippen LogP contribution in [0.5, 0.6) is 0 Å². The molecule has 0 radical (unpaired) electrons. The van der Waals surface area contributed by atoms with Crippen LogP contribution in [-0.2, 0) is 14.8 Å². The van der Waals surface area contributed by atoms with Gasteiger partial charge in [0.25, 0.3) is 0 Å². The first-order chi connectivity index (χ1) is 13.3. The van der Waals surface area contributed by atoms with Gasteiger partial charge in [-0.15, -0.1) is 0 Å². The highest BCUT2D eigenvalue weighted by Gasteiger charge is 2.24. The van der Waals surface area contributed by atoms with Gasteiger partial charge in [-0.1, -0.05) is 64.5 Å². The van der Waals surface area contributed by atoms with Gasteiger partial charge >= 0.3 is 0 Å². The Labute approximate surface area is 173 Å². The Hall–Kier alpha value is -2.22. The van der Waals surface area contributed by atoms with Gasteiger partial charge in [0.1, 0.15) is 0 Å². The summed E-state index contributed by atoms with van der Waals surface area (Å²) in [6, 6.07) is 19.8. The van der Waals surface area contributed by atoms with E-state index in [2.05, 4.69) is 21.2 Å². The summed E-state index contributed by atoms with van der Waals surface area (Å²) in [6.07, 6.45) is 0. The van der Waals surface area contributed by atoms with Crippen LogP contribution in [0.1, 0.15) is 18.5 Å². The predicted octanol–water partition coefficient (Wildman–Crippen LogP) is 4.10. The third-order valence-electron chi connectivity index (χ3n) is 4.54. The van der Waals surface area contributed by atoms with Crippen molar-refractivity contribution in [1.82, 2.24) is 9.62 Å². The number of benzene rings is 3. The average molecular weight is 461 g/mol. The monoisotopic (exact) mass is 460 g/mol. The van der Waals surface area contributed by atoms with Gasteiger partial charge in [-0.05, 0) is 41.5 Å². The maximum Gasteiger partial charge on any atom is 0.243 e. The lowest BCUT2D eigenvalue weighted by Gasteiger charge is -2.20. The van der Waals surface area contributed by atoms with Crippen LogP contribution in [0, 0.1) is 0 Å². The van der Waals surface area contributed by atoms with E-state index in [1.165, 1.54) is 7.05 Å². The second-order valence-electron chi connectivity index (χ2n) is 6.58. The normalized spacial score (nSPS) is 12.9. The highest BCUT2D eigenvalue weighted by molar-refractivity contribution is 9.10. The summed E-state index contributed by atoms with van der Waals surface area (Å²) < 4.78 is 27.7. The molecule has 0 aliphatic carbocycles. The number of sulfonamides is 1. The predicted molar refractivity (Wildman–Crippen MR) is 114 cm³/mol. The molecule has 0 bridgehead atoms. The van der Waals surface area contributed by atoms with Crippen LogP contribution < -0.4 is 5.32 Å². The van der Waals surface area contributed by atoms with Crippen molar-refractivity contribution >= 4 is 42.6 Å². The molecular formula is C21H21BrN2O3S. The summed E-state index contributed by atoms with van der Waals surface area (Å²) in [5.41, 5.74) is 0.927. The number of carbonyl (C=O) groups excluding carboxylic acids is 1. The average Bonchev–Trinajstić information content (AvgIpc) is 2.67. The zero-order valence-electron chi connectivity index (χ0n) is 15.6. The first-order valence-electron chi connectivity index (χ1n) is 8.78. The number of likely N-dealkylation sites (N-methyl/N-ethyl adjacent to an activating group) is 1. The quantitative estimate of drug-likeness (QED) is 0.601. The lowest BCUT2D eigenvalue weighted by molar-refractivity contribution is -0.121. The molecule has 0 saturated heterocycles. The number of rotatable bonds is 6. The van der Waals surface area contributed by atoms with Crippen molar-refractivity contribution in [2.45, 2.75) is 17.9 Å². The Morgan fingerprint density at radius 3 is 2.39 bits per heavy atom. The molecular weight excluding hydrogens is 440 g/mol. The summed E-state index contributed by atoms with van der Waals surface area (Å²) in [5.74, 6) is -0.366. The van der Waals surface area contributed by atoms with E-state index in [1.54, 1.807) is 18.2 Å². The van der Waals surface area contributed by atoms with Crippen molar-refractivity contribution < 1.29 is 13.2 Å². The minimum absolute atomic E-state index is 0.167. The largest absolute Gasteiger partial charge is 0.348 e. The summed E-state index contributed by atoms with van der Waals surface area (Å²) >= 11 is 3.46. The third kappa shape index (κ3) is 4.43. The number of hydrogen-bond donors (Lipinski definition) is 1. The SMILES string of the molecule is CC(NC(=O)CN(C)S(=O)(=O)c1ccc2ccccc2c1)c1ccccc1Br. The Kier molecular flexibility index (Phi) is 6.17. The zero-order valence-corrected chi connectivity index (χ0v) is 18.0. The van der Waals surface area contributed by atoms with Gasteiger partial charge in [0, 0.05) is 11.5 Å². The highest BCUT2D eigenvalue weighted by Crippen LogP contribution is 2.23. The topological polar surface area (TPSA) is 66.5 Å². The number of nitrogens with zero attached hydrogens (tertiary/aromatic N) is 1. The summed E-state index contributed by atoms with van der Waals surface area (Å²) in [7, 11) is -2.36. The summed E-state index contributed by atoms with van der Waals surface area (Å²) in [6.45, 7) is 1.60. The molecule has 3 aromatic rings. The van der Waals surface area contributed by atoms with Gasteiger partial charge in [0.2, 0.25) is 15.9 Å². The van der Waals surface area contributed by atoms with Gasteiger partial charge in [-0.2, -0.15) is 4.31 Å². The van der Waals surface area contributed by atoms with E-state index in [-0.39, 0.29) is 23.4 Å². The van der Waals surface area contributed by atoms with Crippen LogP contribution >= 0.6 is 15.9 Å². The van der Waals surface area contributed by atoms with Crippen molar-refractivity contribution in [2.24, 2.45) is 0 Å². The highest BCUT2D eigenvalue weighted by atomic mass is 79.9. The molecule has 146 valence electrons. The van der Waals surface area contributed by atoms with E-state index in [9.17, 15) is 13.2 Å². The van der Waals surface area contributed by atoms with Crippen molar-refractivity contribution in [3.05, 3.63) is 76.8 Å². The van der Waals surface area contributed by atoms with Crippen molar-refractivity contribution in [2.75, 3.05) is 13.6 Å². The zero-order chi connectivity index (χ0) is 20.3. The minimum Gasteiger partial charge on any atom is -0.348 e. The third-order valence-corrected chi connectivity index (χ3v) is 7.07. The van der Waals surface area contributed by atoms with Crippen molar-refractivity contribution in [1.29, 1.82) is 0 Å². The van der Waals surface area contributed by atoms with Gasteiger partial charge in [-0.25, -0.2) is 8.42 Å². The first-order valence-corrected chi connectivity index (χ1v) is 11.0. The number of carbonyl (C=O) groups is 1. The maximum atomic E-state index is 12.9. The van der Waals surface area contributed by atoms with Gasteiger partial charge in [0.05, 0.1) is 17.5 Å². The number of nitrogens with one attached hydrogen (secondary N) is 1. The molecule has 0 heterocycles. The lowest BCUT2D eigenvalue weighted by atomic mass is 10.1. The molecule has 5 nitrogen and oxygen atoms in total. The molecule has 1 amide bonds. The number of hydrogen-bond acceptors (Lipinski definition) is 3. The molecule has 3 aromatic carbocycles. The van der Waals surface area contributed by atoms with E-state index in [4.69, 9.17) is 0 Å².